The maximum Gasteiger partial charge on any atom is 0.318 e. The zero-order chi connectivity index (χ0) is 22.4. The van der Waals surface area contributed by atoms with Crippen LogP contribution in [0.3, 0.4) is 0 Å². The summed E-state index contributed by atoms with van der Waals surface area (Å²) in [6, 6.07) is 14.9. The molecule has 0 aliphatic heterocycles. The molecule has 31 heavy (non-hydrogen) atoms. The van der Waals surface area contributed by atoms with E-state index in [-0.39, 0.29) is 6.42 Å². The number of nitrogens with two attached hydrogens (primary N) is 1. The number of carbonyl (C=O) groups is 2. The van der Waals surface area contributed by atoms with E-state index in [0.29, 0.717) is 22.7 Å². The highest BCUT2D eigenvalue weighted by molar-refractivity contribution is 7.99. The normalized spacial score (nSPS) is 10.8. The first-order valence-corrected chi connectivity index (χ1v) is 10.8. The highest BCUT2D eigenvalue weighted by atomic mass is 32.2. The molecule has 8 nitrogen and oxygen atoms in total. The Labute approximate surface area is 185 Å². The topological polar surface area (TPSA) is 112 Å². The van der Waals surface area contributed by atoms with Crippen LogP contribution in [0.15, 0.2) is 53.7 Å². The van der Waals surface area contributed by atoms with Gasteiger partial charge in [-0.1, -0.05) is 43.8 Å². The van der Waals surface area contributed by atoms with E-state index in [9.17, 15) is 9.59 Å². The largest absolute Gasteiger partial charge is 0.497 e. The van der Waals surface area contributed by atoms with Crippen molar-refractivity contribution in [2.45, 2.75) is 31.3 Å². The molecular formula is C22H25N5O3S. The maximum atomic E-state index is 11.7. The van der Waals surface area contributed by atoms with E-state index < -0.39 is 11.9 Å². The molecule has 3 aromatic rings. The van der Waals surface area contributed by atoms with Crippen molar-refractivity contribution in [3.05, 3.63) is 54.1 Å². The standard InChI is InChI=1S/C22H25N5O3S/c1-14(2)17-6-4-5-7-18(17)27-20(15-8-10-16(30-3)11-9-15)25-26-22(27)31-13-12-19(28)24-21(23)29/h4-11,14H,12-13H2,1-3H3,(H3,23,24,28,29). The highest BCUT2D eigenvalue weighted by Crippen LogP contribution is 2.32. The van der Waals surface area contributed by atoms with Crippen molar-refractivity contribution in [3.63, 3.8) is 0 Å². The summed E-state index contributed by atoms with van der Waals surface area (Å²) in [6.45, 7) is 4.27. The summed E-state index contributed by atoms with van der Waals surface area (Å²) in [5, 5.41) is 11.6. The van der Waals surface area contributed by atoms with Gasteiger partial charge < -0.3 is 10.5 Å². The van der Waals surface area contributed by atoms with Crippen LogP contribution in [-0.4, -0.2) is 39.6 Å². The number of para-hydroxylation sites is 1. The van der Waals surface area contributed by atoms with Crippen LogP contribution in [0.2, 0.25) is 0 Å². The summed E-state index contributed by atoms with van der Waals surface area (Å²) < 4.78 is 7.27. The number of rotatable bonds is 8. The van der Waals surface area contributed by atoms with Crippen molar-refractivity contribution >= 4 is 23.7 Å². The monoisotopic (exact) mass is 439 g/mol. The van der Waals surface area contributed by atoms with Gasteiger partial charge in [-0.2, -0.15) is 0 Å². The minimum absolute atomic E-state index is 0.129. The van der Waals surface area contributed by atoms with Crippen LogP contribution in [-0.2, 0) is 4.79 Å². The molecule has 0 fully saturated rings. The van der Waals surface area contributed by atoms with Crippen molar-refractivity contribution in [1.82, 2.24) is 20.1 Å². The Balaban J connectivity index is 1.99. The molecule has 0 aliphatic carbocycles. The number of ether oxygens (including phenoxy) is 1. The van der Waals surface area contributed by atoms with Crippen LogP contribution in [0.4, 0.5) is 4.79 Å². The Bertz CT molecular complexity index is 1060. The van der Waals surface area contributed by atoms with Gasteiger partial charge in [-0.25, -0.2) is 4.79 Å². The number of methoxy groups -OCH3 is 1. The van der Waals surface area contributed by atoms with Crippen molar-refractivity contribution in [1.29, 1.82) is 0 Å². The summed E-state index contributed by atoms with van der Waals surface area (Å²) in [5.74, 6) is 1.74. The number of imide groups is 1. The number of nitrogens with zero attached hydrogens (tertiary/aromatic N) is 3. The molecule has 0 atom stereocenters. The molecule has 1 aromatic heterocycles. The SMILES string of the molecule is COc1ccc(-c2nnc(SCCC(=O)NC(N)=O)n2-c2ccccc2C(C)C)cc1. The van der Waals surface area contributed by atoms with Gasteiger partial charge >= 0.3 is 6.03 Å². The van der Waals surface area contributed by atoms with Crippen molar-refractivity contribution in [2.75, 3.05) is 12.9 Å². The van der Waals surface area contributed by atoms with Gasteiger partial charge in [0.1, 0.15) is 5.75 Å². The van der Waals surface area contributed by atoms with Crippen LogP contribution in [0.5, 0.6) is 5.75 Å². The summed E-state index contributed by atoms with van der Waals surface area (Å²) in [6.07, 6.45) is 0.129. The predicted molar refractivity (Wildman–Crippen MR) is 121 cm³/mol. The zero-order valence-electron chi connectivity index (χ0n) is 17.7. The Morgan fingerprint density at radius 3 is 2.48 bits per heavy atom. The van der Waals surface area contributed by atoms with Gasteiger partial charge in [0.15, 0.2) is 11.0 Å². The van der Waals surface area contributed by atoms with E-state index >= 15 is 0 Å². The summed E-state index contributed by atoms with van der Waals surface area (Å²) in [7, 11) is 1.62. The number of benzene rings is 2. The second-order valence-corrected chi connectivity index (χ2v) is 8.16. The fraction of sp³-hybridized carbons (Fsp3) is 0.273. The second-order valence-electron chi connectivity index (χ2n) is 7.09. The fourth-order valence-electron chi connectivity index (χ4n) is 3.12. The van der Waals surface area contributed by atoms with E-state index in [4.69, 9.17) is 10.5 Å². The number of carbonyl (C=O) groups excluding carboxylic acids is 2. The molecule has 3 N–H and O–H groups in total. The van der Waals surface area contributed by atoms with Crippen molar-refractivity contribution < 1.29 is 14.3 Å². The summed E-state index contributed by atoms with van der Waals surface area (Å²) >= 11 is 1.39. The number of primary amides is 1. The molecule has 0 aliphatic rings. The first-order valence-electron chi connectivity index (χ1n) is 9.82. The van der Waals surface area contributed by atoms with E-state index in [2.05, 4.69) is 35.4 Å². The molecule has 0 saturated heterocycles. The van der Waals surface area contributed by atoms with Crippen LogP contribution >= 0.6 is 11.8 Å². The molecule has 3 amide bonds. The number of nitrogens with one attached hydrogen (secondary N) is 1. The highest BCUT2D eigenvalue weighted by Gasteiger charge is 2.19. The van der Waals surface area contributed by atoms with Crippen molar-refractivity contribution in [2.24, 2.45) is 5.73 Å². The molecule has 0 saturated carbocycles. The van der Waals surface area contributed by atoms with Crippen molar-refractivity contribution in [3.8, 4) is 22.8 Å². The first kappa shape index (κ1) is 22.4. The molecule has 0 radical (unpaired) electrons. The van der Waals surface area contributed by atoms with Crippen LogP contribution in [0, 0.1) is 0 Å². The summed E-state index contributed by atoms with van der Waals surface area (Å²) in [5.41, 5.74) is 8.03. The molecular weight excluding hydrogens is 414 g/mol. The fourth-order valence-corrected chi connectivity index (χ4v) is 4.00. The predicted octanol–water partition coefficient (Wildman–Crippen LogP) is 3.74. The molecule has 2 aromatic carbocycles. The van der Waals surface area contributed by atoms with Gasteiger partial charge in [0.2, 0.25) is 5.91 Å². The van der Waals surface area contributed by atoms with Gasteiger partial charge in [-0.3, -0.25) is 14.7 Å². The zero-order valence-corrected chi connectivity index (χ0v) is 18.5. The van der Waals surface area contributed by atoms with Gasteiger partial charge in [0.05, 0.1) is 12.8 Å². The van der Waals surface area contributed by atoms with E-state index in [0.717, 1.165) is 22.6 Å². The third kappa shape index (κ3) is 5.43. The molecule has 3 rings (SSSR count). The lowest BCUT2D eigenvalue weighted by atomic mass is 10.0. The van der Waals surface area contributed by atoms with Crippen LogP contribution in [0.25, 0.3) is 17.1 Å². The van der Waals surface area contributed by atoms with Crippen LogP contribution < -0.4 is 15.8 Å². The van der Waals surface area contributed by atoms with Gasteiger partial charge in [-0.15, -0.1) is 10.2 Å². The lowest BCUT2D eigenvalue weighted by molar-refractivity contribution is -0.119. The quantitative estimate of drug-likeness (QED) is 0.517. The first-order chi connectivity index (χ1) is 14.9. The van der Waals surface area contributed by atoms with E-state index in [1.165, 1.54) is 11.8 Å². The Morgan fingerprint density at radius 1 is 1.13 bits per heavy atom. The maximum absolute atomic E-state index is 11.7. The molecule has 162 valence electrons. The number of hydrogen-bond donors (Lipinski definition) is 2. The minimum atomic E-state index is -0.856. The molecule has 1 heterocycles. The lowest BCUT2D eigenvalue weighted by Gasteiger charge is -2.17. The molecule has 0 unspecified atom stereocenters. The Morgan fingerprint density at radius 2 is 1.84 bits per heavy atom. The van der Waals surface area contributed by atoms with E-state index in [1.54, 1.807) is 7.11 Å². The third-order valence-corrected chi connectivity index (χ3v) is 5.53. The molecule has 0 spiro atoms. The Hall–Kier alpha value is -3.33. The number of thioether (sulfide) groups is 1. The lowest BCUT2D eigenvalue weighted by Crippen LogP contribution is -2.35. The van der Waals surface area contributed by atoms with Gasteiger partial charge in [0, 0.05) is 17.7 Å². The van der Waals surface area contributed by atoms with Crippen LogP contribution in [0.1, 0.15) is 31.7 Å². The smallest absolute Gasteiger partial charge is 0.318 e. The molecule has 0 bridgehead atoms. The molecule has 9 heteroatoms. The minimum Gasteiger partial charge on any atom is -0.497 e. The van der Waals surface area contributed by atoms with Gasteiger partial charge in [0.25, 0.3) is 0 Å². The number of urea groups is 1. The van der Waals surface area contributed by atoms with Gasteiger partial charge in [-0.05, 0) is 41.8 Å². The average molecular weight is 440 g/mol. The average Bonchev–Trinajstić information content (AvgIpc) is 3.17. The Kier molecular flexibility index (Phi) is 7.30. The number of hydrogen-bond acceptors (Lipinski definition) is 6. The second kappa shape index (κ2) is 10.1. The summed E-state index contributed by atoms with van der Waals surface area (Å²) in [4.78, 5) is 22.6. The number of amides is 3. The number of aromatic nitrogens is 3. The third-order valence-electron chi connectivity index (χ3n) is 4.60. The van der Waals surface area contributed by atoms with E-state index in [1.807, 2.05) is 47.0 Å².